The van der Waals surface area contributed by atoms with Crippen molar-refractivity contribution >= 4 is 69.3 Å². The fourth-order valence-electron chi connectivity index (χ4n) is 8.16. The maximum absolute atomic E-state index is 13.0. The Hall–Kier alpha value is -4.45. The summed E-state index contributed by atoms with van der Waals surface area (Å²) in [6.07, 6.45) is 20.4. The number of ether oxygens (including phenoxy) is 4. The van der Waals surface area contributed by atoms with E-state index < -0.39 is 35.9 Å². The molecule has 0 aromatic carbocycles. The lowest BCUT2D eigenvalue weighted by atomic mass is 9.81. The van der Waals surface area contributed by atoms with Gasteiger partial charge in [-0.2, -0.15) is 0 Å². The molecular weight excluding hydrogens is 1030 g/mol. The number of carbonyl (C=O) groups is 9. The van der Waals surface area contributed by atoms with Gasteiger partial charge in [0.2, 0.25) is 35.4 Å². The topological polar surface area (TPSA) is 323 Å². The number of halogens is 1. The number of hydrogen-bond donors (Lipinski definition) is 9. The van der Waals surface area contributed by atoms with Crippen LogP contribution in [0.1, 0.15) is 161 Å². The van der Waals surface area contributed by atoms with E-state index >= 15 is 0 Å². The molecule has 2 atom stereocenters. The lowest BCUT2D eigenvalue weighted by Crippen LogP contribution is -2.45. The van der Waals surface area contributed by atoms with Gasteiger partial charge in [0.25, 0.3) is 0 Å². The van der Waals surface area contributed by atoms with Gasteiger partial charge in [-0.05, 0) is 70.1 Å². The van der Waals surface area contributed by atoms with E-state index in [0.29, 0.717) is 45.2 Å². The first-order chi connectivity index (χ1) is 35.7. The standard InChI is InChI=1S/C51H89BrN6O16/c52-35-45(61)53-26-16-15-17-41(50(67)68)57-47(63)38-74-34-32-72-30-28-55-46(62)37-73-33-31-71-29-27-54-44(60)25-24-42(51(69)70)58-49(66)40-22-20-39(21-23-40)36-56-43(59)18-13-11-9-7-5-3-1-2-4-6-8-10-12-14-19-48(64)65/h39-42H,1-38H2,(H,53,61)(H,54,60)(H,55,62)(H,56,59)(H,57,63)(H,58,66)(H,64,65)(H,67,68)(H,69,70)/t39?,40?,41-,42-/m0/s1. The van der Waals surface area contributed by atoms with Crippen LogP contribution in [0.2, 0.25) is 0 Å². The first kappa shape index (κ1) is 67.6. The van der Waals surface area contributed by atoms with Gasteiger partial charge in [-0.15, -0.1) is 0 Å². The second-order valence-electron chi connectivity index (χ2n) is 18.8. The number of carboxylic acid groups (broad SMARTS) is 3. The Morgan fingerprint density at radius 2 is 0.892 bits per heavy atom. The summed E-state index contributed by atoms with van der Waals surface area (Å²) >= 11 is 3.04. The number of rotatable bonds is 49. The maximum Gasteiger partial charge on any atom is 0.326 e. The molecule has 1 fully saturated rings. The SMILES string of the molecule is O=C(O)CCCCCCCCCCCCCCCCC(=O)NCC1CCC(C(=O)N[C@@H](CCC(=O)NCCOCCOCC(=O)NCCOCCOCC(=O)N[C@@H](CCCCNC(=O)CBr)C(=O)O)C(=O)O)CC1. The molecule has 426 valence electrons. The monoisotopic (exact) mass is 1120 g/mol. The quantitative estimate of drug-likeness (QED) is 0.0305. The van der Waals surface area contributed by atoms with Crippen LogP contribution >= 0.6 is 15.9 Å². The lowest BCUT2D eigenvalue weighted by molar-refractivity contribution is -0.143. The Kier molecular flexibility index (Phi) is 41.9. The van der Waals surface area contributed by atoms with Crippen LogP contribution in [0.15, 0.2) is 0 Å². The zero-order chi connectivity index (χ0) is 54.4. The van der Waals surface area contributed by atoms with Crippen molar-refractivity contribution in [3.63, 3.8) is 0 Å². The average Bonchev–Trinajstić information content (AvgIpc) is 3.37. The third-order valence-corrected chi connectivity index (χ3v) is 13.0. The fraction of sp³-hybridized carbons (Fsp3) is 0.824. The van der Waals surface area contributed by atoms with Crippen molar-refractivity contribution in [1.82, 2.24) is 31.9 Å². The Morgan fingerprint density at radius 1 is 0.432 bits per heavy atom. The second kappa shape index (κ2) is 45.9. The molecule has 0 spiro atoms. The van der Waals surface area contributed by atoms with Crippen molar-refractivity contribution in [2.45, 2.75) is 173 Å². The largest absolute Gasteiger partial charge is 0.481 e. The summed E-state index contributed by atoms with van der Waals surface area (Å²) in [7, 11) is 0. The molecule has 9 N–H and O–H groups in total. The molecule has 74 heavy (non-hydrogen) atoms. The Labute approximate surface area is 445 Å². The minimum absolute atomic E-state index is 0.0550. The molecule has 0 unspecified atom stereocenters. The van der Waals surface area contributed by atoms with Gasteiger partial charge >= 0.3 is 17.9 Å². The maximum atomic E-state index is 13.0. The lowest BCUT2D eigenvalue weighted by Gasteiger charge is -2.28. The molecule has 6 amide bonds. The Morgan fingerprint density at radius 3 is 1.42 bits per heavy atom. The van der Waals surface area contributed by atoms with Crippen molar-refractivity contribution in [1.29, 1.82) is 0 Å². The van der Waals surface area contributed by atoms with Crippen LogP contribution in [0.4, 0.5) is 0 Å². The number of carbonyl (C=O) groups excluding carboxylic acids is 6. The van der Waals surface area contributed by atoms with Crippen LogP contribution in [0.25, 0.3) is 0 Å². The number of hydrogen-bond acceptors (Lipinski definition) is 13. The van der Waals surface area contributed by atoms with Crippen molar-refractivity contribution in [3.05, 3.63) is 0 Å². The number of carboxylic acids is 3. The van der Waals surface area contributed by atoms with E-state index in [1.165, 1.54) is 51.4 Å². The summed E-state index contributed by atoms with van der Waals surface area (Å²) in [5, 5.41) is 43.9. The van der Waals surface area contributed by atoms with Gasteiger partial charge in [-0.25, -0.2) is 9.59 Å². The summed E-state index contributed by atoms with van der Waals surface area (Å²) in [5.41, 5.74) is 0. The van der Waals surface area contributed by atoms with Gasteiger partial charge in [-0.1, -0.05) is 93.0 Å². The molecule has 0 heterocycles. The molecule has 0 aromatic rings. The molecule has 1 aliphatic rings. The normalized spacial score (nSPS) is 15.0. The van der Waals surface area contributed by atoms with E-state index in [1.807, 2.05) is 0 Å². The van der Waals surface area contributed by atoms with Crippen molar-refractivity contribution < 1.29 is 77.4 Å². The Bertz CT molecular complexity index is 1600. The van der Waals surface area contributed by atoms with E-state index in [4.69, 9.17) is 24.1 Å². The first-order valence-corrected chi connectivity index (χ1v) is 28.0. The highest BCUT2D eigenvalue weighted by molar-refractivity contribution is 9.09. The average molecular weight is 1120 g/mol. The molecule has 0 bridgehead atoms. The third kappa shape index (κ3) is 39.9. The summed E-state index contributed by atoms with van der Waals surface area (Å²) < 4.78 is 21.3. The number of aliphatic carboxylic acids is 3. The smallest absolute Gasteiger partial charge is 0.326 e. The number of amides is 6. The molecule has 23 heteroatoms. The van der Waals surface area contributed by atoms with Crippen molar-refractivity contribution in [2.75, 3.05) is 84.4 Å². The second-order valence-corrected chi connectivity index (χ2v) is 19.3. The van der Waals surface area contributed by atoms with Gasteiger partial charge in [0, 0.05) is 51.4 Å². The van der Waals surface area contributed by atoms with Gasteiger partial charge < -0.3 is 66.2 Å². The molecule has 0 aliphatic heterocycles. The summed E-state index contributed by atoms with van der Waals surface area (Å²) in [6, 6.07) is -2.28. The highest BCUT2D eigenvalue weighted by Gasteiger charge is 2.30. The molecule has 1 saturated carbocycles. The zero-order valence-corrected chi connectivity index (χ0v) is 45.3. The van der Waals surface area contributed by atoms with Crippen LogP contribution in [0.5, 0.6) is 0 Å². The summed E-state index contributed by atoms with van der Waals surface area (Å²) in [5.74, 6) is -4.93. The molecular formula is C51H89BrN6O16. The highest BCUT2D eigenvalue weighted by atomic mass is 79.9. The van der Waals surface area contributed by atoms with Crippen molar-refractivity contribution in [2.24, 2.45) is 11.8 Å². The van der Waals surface area contributed by atoms with Gasteiger partial charge in [-0.3, -0.25) is 33.6 Å². The van der Waals surface area contributed by atoms with Crippen LogP contribution < -0.4 is 31.9 Å². The van der Waals surface area contributed by atoms with Crippen LogP contribution in [-0.4, -0.2) is 165 Å². The van der Waals surface area contributed by atoms with Gasteiger partial charge in [0.1, 0.15) is 25.3 Å². The van der Waals surface area contributed by atoms with Crippen molar-refractivity contribution in [3.8, 4) is 0 Å². The highest BCUT2D eigenvalue weighted by Crippen LogP contribution is 2.29. The van der Waals surface area contributed by atoms with E-state index in [-0.39, 0.29) is 138 Å². The minimum Gasteiger partial charge on any atom is -0.481 e. The van der Waals surface area contributed by atoms with E-state index in [0.717, 1.165) is 51.4 Å². The molecule has 1 aliphatic carbocycles. The van der Waals surface area contributed by atoms with E-state index in [9.17, 15) is 53.4 Å². The summed E-state index contributed by atoms with van der Waals surface area (Å²) in [6.45, 7) is 1.64. The fourth-order valence-corrected chi connectivity index (χ4v) is 8.36. The zero-order valence-electron chi connectivity index (χ0n) is 43.7. The molecule has 0 radical (unpaired) electrons. The number of unbranched alkanes of at least 4 members (excludes halogenated alkanes) is 14. The molecule has 0 saturated heterocycles. The number of alkyl halides is 1. The van der Waals surface area contributed by atoms with Gasteiger partial charge in [0.05, 0.1) is 45.0 Å². The van der Waals surface area contributed by atoms with E-state index in [1.54, 1.807) is 0 Å². The molecule has 1 rings (SSSR count). The molecule has 22 nitrogen and oxygen atoms in total. The predicted octanol–water partition coefficient (Wildman–Crippen LogP) is 4.13. The van der Waals surface area contributed by atoms with Crippen LogP contribution in [0, 0.1) is 11.8 Å². The Balaban J connectivity index is 2.01. The minimum atomic E-state index is -1.22. The van der Waals surface area contributed by atoms with Crippen LogP contribution in [0.3, 0.4) is 0 Å². The first-order valence-electron chi connectivity index (χ1n) is 26.9. The molecule has 0 aromatic heterocycles. The van der Waals surface area contributed by atoms with E-state index in [2.05, 4.69) is 47.8 Å². The van der Waals surface area contributed by atoms with Crippen LogP contribution in [-0.2, 0) is 62.1 Å². The van der Waals surface area contributed by atoms with Gasteiger partial charge in [0.15, 0.2) is 0 Å². The number of nitrogens with one attached hydrogen (secondary N) is 6. The predicted molar refractivity (Wildman–Crippen MR) is 278 cm³/mol. The third-order valence-electron chi connectivity index (χ3n) is 12.5. The summed E-state index contributed by atoms with van der Waals surface area (Å²) in [4.78, 5) is 107.